The number of aromatic carboxylic acids is 1. The van der Waals surface area contributed by atoms with Crippen LogP contribution >= 0.6 is 0 Å². The van der Waals surface area contributed by atoms with E-state index in [2.05, 4.69) is 0 Å². The third-order valence-electron chi connectivity index (χ3n) is 3.91. The SMILES string of the molecule is CN1Cc2c(Oc3ccc(S(C)(=O)=O)cc3)cc(C(=O)O)cc2C1=O. The van der Waals surface area contributed by atoms with E-state index >= 15 is 0 Å². The molecule has 0 unspecified atom stereocenters. The predicted molar refractivity (Wildman–Crippen MR) is 88.8 cm³/mol. The average molecular weight is 361 g/mol. The summed E-state index contributed by atoms with van der Waals surface area (Å²) in [6, 6.07) is 8.47. The minimum Gasteiger partial charge on any atom is -0.478 e. The molecule has 1 heterocycles. The maximum absolute atomic E-state index is 12.1. The zero-order chi connectivity index (χ0) is 18.4. The molecular formula is C17H15NO6S. The van der Waals surface area contributed by atoms with E-state index in [0.717, 1.165) is 6.26 Å². The van der Waals surface area contributed by atoms with Crippen molar-refractivity contribution in [3.05, 3.63) is 53.1 Å². The molecule has 0 saturated heterocycles. The standard InChI is InChI=1S/C17H15NO6S/c1-18-9-14-13(16(18)19)7-10(17(20)21)8-15(14)24-11-3-5-12(6-4-11)25(2,22)23/h3-8H,9H2,1-2H3,(H,20,21). The maximum Gasteiger partial charge on any atom is 0.335 e. The number of hydrogen-bond acceptors (Lipinski definition) is 5. The minimum absolute atomic E-state index is 0.0508. The fraction of sp³-hybridized carbons (Fsp3) is 0.176. The first-order valence-corrected chi connectivity index (χ1v) is 9.19. The fourth-order valence-electron chi connectivity index (χ4n) is 2.61. The van der Waals surface area contributed by atoms with Gasteiger partial charge in [0.15, 0.2) is 9.84 Å². The number of hydrogen-bond donors (Lipinski definition) is 1. The van der Waals surface area contributed by atoms with Crippen molar-refractivity contribution in [2.45, 2.75) is 11.4 Å². The molecule has 1 aliphatic rings. The molecule has 1 N–H and O–H groups in total. The summed E-state index contributed by atoms with van der Waals surface area (Å²) in [6.07, 6.45) is 1.10. The van der Waals surface area contributed by atoms with Gasteiger partial charge in [-0.05, 0) is 36.4 Å². The zero-order valence-electron chi connectivity index (χ0n) is 13.5. The van der Waals surface area contributed by atoms with Crippen LogP contribution < -0.4 is 4.74 Å². The van der Waals surface area contributed by atoms with Gasteiger partial charge in [-0.3, -0.25) is 4.79 Å². The van der Waals surface area contributed by atoms with Crippen molar-refractivity contribution >= 4 is 21.7 Å². The fourth-order valence-corrected chi connectivity index (χ4v) is 3.24. The van der Waals surface area contributed by atoms with Gasteiger partial charge >= 0.3 is 5.97 Å². The molecule has 0 spiro atoms. The van der Waals surface area contributed by atoms with Gasteiger partial charge in [0, 0.05) is 24.4 Å². The Labute approximate surface area is 144 Å². The molecule has 8 heteroatoms. The molecule has 2 aromatic carbocycles. The number of benzene rings is 2. The number of carboxylic acids is 1. The van der Waals surface area contributed by atoms with Gasteiger partial charge in [0.1, 0.15) is 11.5 Å². The van der Waals surface area contributed by atoms with E-state index in [0.29, 0.717) is 23.4 Å². The lowest BCUT2D eigenvalue weighted by atomic mass is 10.0. The summed E-state index contributed by atoms with van der Waals surface area (Å²) in [5.74, 6) is -0.823. The Bertz CT molecular complexity index is 979. The maximum atomic E-state index is 12.1. The topological polar surface area (TPSA) is 101 Å². The highest BCUT2D eigenvalue weighted by molar-refractivity contribution is 7.90. The molecule has 2 aromatic rings. The lowest BCUT2D eigenvalue weighted by Gasteiger charge is -2.11. The minimum atomic E-state index is -3.32. The van der Waals surface area contributed by atoms with Gasteiger partial charge in [-0.1, -0.05) is 0 Å². The largest absolute Gasteiger partial charge is 0.478 e. The number of rotatable bonds is 4. The summed E-state index contributed by atoms with van der Waals surface area (Å²) in [7, 11) is -1.70. The smallest absolute Gasteiger partial charge is 0.335 e. The summed E-state index contributed by atoms with van der Waals surface area (Å²) in [6.45, 7) is 0.310. The van der Waals surface area contributed by atoms with Crippen molar-refractivity contribution in [3.63, 3.8) is 0 Å². The van der Waals surface area contributed by atoms with Crippen molar-refractivity contribution < 1.29 is 27.9 Å². The van der Waals surface area contributed by atoms with E-state index in [9.17, 15) is 23.1 Å². The highest BCUT2D eigenvalue weighted by Gasteiger charge is 2.29. The summed E-state index contributed by atoms with van der Waals surface area (Å²) < 4.78 is 28.7. The lowest BCUT2D eigenvalue weighted by molar-refractivity contribution is 0.0696. The normalized spacial score (nSPS) is 13.7. The van der Waals surface area contributed by atoms with E-state index in [1.807, 2.05) is 0 Å². The van der Waals surface area contributed by atoms with Crippen molar-refractivity contribution in [2.75, 3.05) is 13.3 Å². The van der Waals surface area contributed by atoms with Crippen molar-refractivity contribution in [3.8, 4) is 11.5 Å². The van der Waals surface area contributed by atoms with E-state index in [1.54, 1.807) is 7.05 Å². The quantitative estimate of drug-likeness (QED) is 0.896. The van der Waals surface area contributed by atoms with Gasteiger partial charge in [-0.2, -0.15) is 0 Å². The molecule has 1 aliphatic heterocycles. The van der Waals surface area contributed by atoms with Gasteiger partial charge in [0.2, 0.25) is 0 Å². The lowest BCUT2D eigenvalue weighted by Crippen LogP contribution is -2.17. The Hall–Kier alpha value is -2.87. The highest BCUT2D eigenvalue weighted by atomic mass is 32.2. The molecule has 0 radical (unpaired) electrons. The summed E-state index contributed by atoms with van der Waals surface area (Å²) >= 11 is 0. The van der Waals surface area contributed by atoms with Gasteiger partial charge in [-0.25, -0.2) is 13.2 Å². The van der Waals surface area contributed by atoms with Crippen LogP contribution in [-0.4, -0.2) is 43.6 Å². The van der Waals surface area contributed by atoms with Gasteiger partial charge in [-0.15, -0.1) is 0 Å². The molecule has 0 saturated carbocycles. The Morgan fingerprint density at radius 2 is 1.84 bits per heavy atom. The van der Waals surface area contributed by atoms with E-state index < -0.39 is 15.8 Å². The average Bonchev–Trinajstić information content (AvgIpc) is 2.82. The van der Waals surface area contributed by atoms with Crippen LogP contribution in [0.4, 0.5) is 0 Å². The molecule has 7 nitrogen and oxygen atoms in total. The molecule has 1 amide bonds. The Morgan fingerprint density at radius 3 is 2.40 bits per heavy atom. The number of amides is 1. The van der Waals surface area contributed by atoms with E-state index in [1.165, 1.54) is 41.3 Å². The third-order valence-corrected chi connectivity index (χ3v) is 5.04. The first-order valence-electron chi connectivity index (χ1n) is 7.30. The number of carboxylic acid groups (broad SMARTS) is 1. The van der Waals surface area contributed by atoms with E-state index in [-0.39, 0.29) is 22.1 Å². The molecule has 0 atom stereocenters. The number of nitrogens with zero attached hydrogens (tertiary/aromatic N) is 1. The number of sulfone groups is 1. The van der Waals surface area contributed by atoms with E-state index in [4.69, 9.17) is 4.74 Å². The second-order valence-corrected chi connectivity index (χ2v) is 7.83. The molecule has 130 valence electrons. The third kappa shape index (κ3) is 3.20. The van der Waals surface area contributed by atoms with Crippen LogP contribution in [0.25, 0.3) is 0 Å². The summed E-state index contributed by atoms with van der Waals surface area (Å²) in [5, 5.41) is 9.24. The molecule has 0 aromatic heterocycles. The Balaban J connectivity index is 2.02. The summed E-state index contributed by atoms with van der Waals surface area (Å²) in [5.41, 5.74) is 0.847. The summed E-state index contributed by atoms with van der Waals surface area (Å²) in [4.78, 5) is 25.1. The van der Waals surface area contributed by atoms with Crippen molar-refractivity contribution in [1.29, 1.82) is 0 Å². The van der Waals surface area contributed by atoms with Gasteiger partial charge < -0.3 is 14.7 Å². The van der Waals surface area contributed by atoms with Crippen LogP contribution in [0.3, 0.4) is 0 Å². The molecule has 3 rings (SSSR count). The van der Waals surface area contributed by atoms with Crippen LogP contribution in [0.1, 0.15) is 26.3 Å². The molecule has 0 fully saturated rings. The van der Waals surface area contributed by atoms with Crippen LogP contribution in [0, 0.1) is 0 Å². The van der Waals surface area contributed by atoms with Crippen LogP contribution in [0.15, 0.2) is 41.3 Å². The van der Waals surface area contributed by atoms with Gasteiger partial charge in [0.05, 0.1) is 17.0 Å². The molecule has 0 aliphatic carbocycles. The number of ether oxygens (including phenoxy) is 1. The van der Waals surface area contributed by atoms with Gasteiger partial charge in [0.25, 0.3) is 5.91 Å². The van der Waals surface area contributed by atoms with Crippen molar-refractivity contribution in [1.82, 2.24) is 4.90 Å². The van der Waals surface area contributed by atoms with Crippen LogP contribution in [0.5, 0.6) is 11.5 Å². The number of carbonyl (C=O) groups is 2. The monoisotopic (exact) mass is 361 g/mol. The first-order chi connectivity index (χ1) is 11.7. The highest BCUT2D eigenvalue weighted by Crippen LogP contribution is 2.35. The Kier molecular flexibility index (Phi) is 4.00. The number of carbonyl (C=O) groups excluding carboxylic acids is 1. The second-order valence-electron chi connectivity index (χ2n) is 5.81. The molecule has 25 heavy (non-hydrogen) atoms. The number of fused-ring (bicyclic) bond motifs is 1. The van der Waals surface area contributed by atoms with Crippen molar-refractivity contribution in [2.24, 2.45) is 0 Å². The molecular weight excluding hydrogens is 346 g/mol. The second kappa shape index (κ2) is 5.89. The molecule has 0 bridgehead atoms. The zero-order valence-corrected chi connectivity index (χ0v) is 14.3. The Morgan fingerprint density at radius 1 is 1.20 bits per heavy atom. The van der Waals surface area contributed by atoms with Crippen LogP contribution in [0.2, 0.25) is 0 Å². The first kappa shape index (κ1) is 17.0. The predicted octanol–water partition coefficient (Wildman–Crippen LogP) is 2.17. The van der Waals surface area contributed by atoms with Crippen LogP contribution in [-0.2, 0) is 16.4 Å².